The van der Waals surface area contributed by atoms with E-state index in [1.165, 1.54) is 0 Å². The third-order valence-corrected chi connectivity index (χ3v) is 5.34. The summed E-state index contributed by atoms with van der Waals surface area (Å²) in [7, 11) is -3.69. The summed E-state index contributed by atoms with van der Waals surface area (Å²) in [5, 5.41) is 6.48. The summed E-state index contributed by atoms with van der Waals surface area (Å²) in [5.74, 6) is 0. The van der Waals surface area contributed by atoms with E-state index in [0.29, 0.717) is 23.0 Å². The standard InChI is InChI=1S/C18H23N3O2S2/c1-5-19-18(24)20-17-11-15(8-7-13(17)3)25(22,23)21-16-9-6-12(2)10-14(16)4/h6-11,21H,5H2,1-4H3,(H2,19,20,24). The monoisotopic (exact) mass is 377 g/mol. The Morgan fingerprint density at radius 3 is 2.36 bits per heavy atom. The highest BCUT2D eigenvalue weighted by Crippen LogP contribution is 2.24. The van der Waals surface area contributed by atoms with Crippen LogP contribution in [-0.4, -0.2) is 20.1 Å². The number of thiocarbonyl (C=S) groups is 1. The largest absolute Gasteiger partial charge is 0.363 e. The maximum Gasteiger partial charge on any atom is 0.261 e. The van der Waals surface area contributed by atoms with Crippen LogP contribution in [0, 0.1) is 20.8 Å². The van der Waals surface area contributed by atoms with Gasteiger partial charge in [-0.3, -0.25) is 4.72 Å². The first-order valence-electron chi connectivity index (χ1n) is 7.98. The van der Waals surface area contributed by atoms with Crippen LogP contribution in [0.2, 0.25) is 0 Å². The SMILES string of the molecule is CCNC(=S)Nc1cc(S(=O)(=O)Nc2ccc(C)cc2C)ccc1C. The number of aryl methyl sites for hydroxylation is 3. The van der Waals surface area contributed by atoms with Gasteiger partial charge in [-0.1, -0.05) is 23.8 Å². The Morgan fingerprint density at radius 2 is 1.72 bits per heavy atom. The van der Waals surface area contributed by atoms with E-state index in [1.54, 1.807) is 24.3 Å². The van der Waals surface area contributed by atoms with Gasteiger partial charge in [-0.2, -0.15) is 0 Å². The van der Waals surface area contributed by atoms with Crippen LogP contribution in [0.3, 0.4) is 0 Å². The normalized spacial score (nSPS) is 11.0. The van der Waals surface area contributed by atoms with Gasteiger partial charge in [0.2, 0.25) is 0 Å². The van der Waals surface area contributed by atoms with Gasteiger partial charge in [0.25, 0.3) is 10.0 Å². The summed E-state index contributed by atoms with van der Waals surface area (Å²) in [6, 6.07) is 10.5. The van der Waals surface area contributed by atoms with Crippen molar-refractivity contribution < 1.29 is 8.42 Å². The minimum absolute atomic E-state index is 0.180. The first kappa shape index (κ1) is 19.2. The Morgan fingerprint density at radius 1 is 1.00 bits per heavy atom. The maximum atomic E-state index is 12.7. The van der Waals surface area contributed by atoms with Gasteiger partial charge in [0.05, 0.1) is 10.6 Å². The van der Waals surface area contributed by atoms with Crippen molar-refractivity contribution in [3.8, 4) is 0 Å². The first-order chi connectivity index (χ1) is 11.7. The Hall–Kier alpha value is -2.12. The summed E-state index contributed by atoms with van der Waals surface area (Å²) in [5.41, 5.74) is 4.10. The van der Waals surface area contributed by atoms with Crippen molar-refractivity contribution in [1.29, 1.82) is 0 Å². The quantitative estimate of drug-likeness (QED) is 0.693. The zero-order valence-corrected chi connectivity index (χ0v) is 16.4. The molecule has 0 aliphatic rings. The summed E-state index contributed by atoms with van der Waals surface area (Å²) >= 11 is 5.18. The summed E-state index contributed by atoms with van der Waals surface area (Å²) in [6.45, 7) is 8.37. The number of rotatable bonds is 5. The molecule has 7 heteroatoms. The van der Waals surface area contributed by atoms with E-state index in [2.05, 4.69) is 15.4 Å². The molecule has 3 N–H and O–H groups in total. The van der Waals surface area contributed by atoms with Gasteiger partial charge in [-0.05, 0) is 69.2 Å². The van der Waals surface area contributed by atoms with E-state index in [0.717, 1.165) is 16.7 Å². The molecule has 0 aromatic heterocycles. The van der Waals surface area contributed by atoms with Crippen molar-refractivity contribution in [1.82, 2.24) is 5.32 Å². The molecule has 25 heavy (non-hydrogen) atoms. The molecule has 0 saturated carbocycles. The molecule has 5 nitrogen and oxygen atoms in total. The second kappa shape index (κ2) is 7.84. The Balaban J connectivity index is 2.31. The van der Waals surface area contributed by atoms with Crippen LogP contribution in [0.1, 0.15) is 23.6 Å². The fourth-order valence-electron chi connectivity index (χ4n) is 2.36. The van der Waals surface area contributed by atoms with Gasteiger partial charge in [0, 0.05) is 12.2 Å². The predicted molar refractivity (Wildman–Crippen MR) is 108 cm³/mol. The van der Waals surface area contributed by atoms with Gasteiger partial charge >= 0.3 is 0 Å². The number of anilines is 2. The highest BCUT2D eigenvalue weighted by atomic mass is 32.2. The van der Waals surface area contributed by atoms with Crippen LogP contribution in [-0.2, 0) is 10.0 Å². The molecule has 0 aliphatic carbocycles. The Labute approximate surface area is 154 Å². The van der Waals surface area contributed by atoms with Crippen molar-refractivity contribution in [2.24, 2.45) is 0 Å². The highest BCUT2D eigenvalue weighted by Gasteiger charge is 2.17. The third-order valence-electron chi connectivity index (χ3n) is 3.73. The van der Waals surface area contributed by atoms with E-state index >= 15 is 0 Å². The predicted octanol–water partition coefficient (Wildman–Crippen LogP) is 3.72. The highest BCUT2D eigenvalue weighted by molar-refractivity contribution is 7.92. The number of hydrogen-bond acceptors (Lipinski definition) is 3. The summed E-state index contributed by atoms with van der Waals surface area (Å²) < 4.78 is 28.1. The van der Waals surface area contributed by atoms with E-state index in [1.807, 2.05) is 39.8 Å². The van der Waals surface area contributed by atoms with Crippen molar-refractivity contribution in [2.75, 3.05) is 16.6 Å². The van der Waals surface area contributed by atoms with Crippen LogP contribution < -0.4 is 15.4 Å². The molecule has 0 radical (unpaired) electrons. The summed E-state index contributed by atoms with van der Waals surface area (Å²) in [4.78, 5) is 0.180. The molecule has 0 saturated heterocycles. The molecule has 0 amide bonds. The van der Waals surface area contributed by atoms with E-state index in [4.69, 9.17) is 12.2 Å². The zero-order valence-electron chi connectivity index (χ0n) is 14.8. The van der Waals surface area contributed by atoms with E-state index < -0.39 is 10.0 Å². The topological polar surface area (TPSA) is 70.2 Å². The van der Waals surface area contributed by atoms with Crippen molar-refractivity contribution in [2.45, 2.75) is 32.6 Å². The van der Waals surface area contributed by atoms with Gasteiger partial charge in [0.1, 0.15) is 0 Å². The molecule has 134 valence electrons. The minimum atomic E-state index is -3.69. The minimum Gasteiger partial charge on any atom is -0.363 e. The number of benzene rings is 2. The van der Waals surface area contributed by atoms with Crippen molar-refractivity contribution in [3.05, 3.63) is 53.1 Å². The molecule has 0 fully saturated rings. The fourth-order valence-corrected chi connectivity index (χ4v) is 3.77. The molecule has 0 unspecified atom stereocenters. The van der Waals surface area contributed by atoms with Crippen LogP contribution in [0.25, 0.3) is 0 Å². The molecule has 0 spiro atoms. The Kier molecular flexibility index (Phi) is 6.02. The van der Waals surface area contributed by atoms with Gasteiger partial charge < -0.3 is 10.6 Å². The van der Waals surface area contributed by atoms with E-state index in [9.17, 15) is 8.42 Å². The first-order valence-corrected chi connectivity index (χ1v) is 9.87. The van der Waals surface area contributed by atoms with Crippen molar-refractivity contribution >= 4 is 38.7 Å². The molecule has 2 rings (SSSR count). The molecule has 0 bridgehead atoms. The second-order valence-electron chi connectivity index (χ2n) is 5.89. The smallest absolute Gasteiger partial charge is 0.261 e. The lowest BCUT2D eigenvalue weighted by Gasteiger charge is -2.15. The third kappa shape index (κ3) is 4.93. The van der Waals surface area contributed by atoms with Crippen LogP contribution >= 0.6 is 12.2 Å². The van der Waals surface area contributed by atoms with Gasteiger partial charge in [0.15, 0.2) is 5.11 Å². The molecule has 0 heterocycles. The average Bonchev–Trinajstić information content (AvgIpc) is 2.52. The molecule has 2 aromatic rings. The zero-order chi connectivity index (χ0) is 18.6. The maximum absolute atomic E-state index is 12.7. The number of sulfonamides is 1. The molecule has 0 aliphatic heterocycles. The van der Waals surface area contributed by atoms with E-state index in [-0.39, 0.29) is 4.90 Å². The Bertz CT molecular complexity index is 893. The lowest BCUT2D eigenvalue weighted by molar-refractivity contribution is 0.601. The fraction of sp³-hybridized carbons (Fsp3) is 0.278. The van der Waals surface area contributed by atoms with Gasteiger partial charge in [-0.15, -0.1) is 0 Å². The van der Waals surface area contributed by atoms with Crippen LogP contribution in [0.4, 0.5) is 11.4 Å². The summed E-state index contributed by atoms with van der Waals surface area (Å²) in [6.07, 6.45) is 0. The molecule has 0 atom stereocenters. The molecular formula is C18H23N3O2S2. The molecule has 2 aromatic carbocycles. The number of hydrogen-bond donors (Lipinski definition) is 3. The average molecular weight is 378 g/mol. The van der Waals surface area contributed by atoms with Crippen LogP contribution in [0.15, 0.2) is 41.3 Å². The lowest BCUT2D eigenvalue weighted by Crippen LogP contribution is -2.28. The van der Waals surface area contributed by atoms with Gasteiger partial charge in [-0.25, -0.2) is 8.42 Å². The van der Waals surface area contributed by atoms with Crippen molar-refractivity contribution in [3.63, 3.8) is 0 Å². The molecular weight excluding hydrogens is 354 g/mol. The van der Waals surface area contributed by atoms with Crippen LogP contribution in [0.5, 0.6) is 0 Å². The lowest BCUT2D eigenvalue weighted by atomic mass is 10.1. The second-order valence-corrected chi connectivity index (χ2v) is 7.98. The number of nitrogens with one attached hydrogen (secondary N) is 3.